The maximum absolute atomic E-state index is 13.3. The zero-order valence-corrected chi connectivity index (χ0v) is 15.2. The summed E-state index contributed by atoms with van der Waals surface area (Å²) < 4.78 is 45.7. The lowest BCUT2D eigenvalue weighted by Crippen LogP contribution is -2.27. The number of aromatic nitrogens is 2. The highest BCUT2D eigenvalue weighted by atomic mass is 19.4. The molecule has 0 radical (unpaired) electrons. The number of hydrogen-bond donors (Lipinski definition) is 0. The van der Waals surface area contributed by atoms with E-state index in [1.54, 1.807) is 36.4 Å². The van der Waals surface area contributed by atoms with Crippen LogP contribution in [0.4, 0.5) is 13.2 Å². The van der Waals surface area contributed by atoms with Gasteiger partial charge in [0.2, 0.25) is 11.6 Å². The van der Waals surface area contributed by atoms with Crippen LogP contribution in [0.5, 0.6) is 0 Å². The van der Waals surface area contributed by atoms with E-state index in [4.69, 9.17) is 4.74 Å². The molecule has 0 fully saturated rings. The minimum Gasteiger partial charge on any atom is -0.453 e. The van der Waals surface area contributed by atoms with Gasteiger partial charge in [-0.1, -0.05) is 42.0 Å². The average Bonchev–Trinajstić information content (AvgIpc) is 3.00. The molecule has 8 heteroatoms. The molecule has 3 rings (SSSR count). The summed E-state index contributed by atoms with van der Waals surface area (Å²) in [6.07, 6.45) is -5.86. The number of halogens is 3. The number of benzene rings is 2. The number of ether oxygens (including phenoxy) is 1. The Hall–Kier alpha value is -3.16. The Morgan fingerprint density at radius 2 is 1.75 bits per heavy atom. The van der Waals surface area contributed by atoms with Crippen molar-refractivity contribution in [3.63, 3.8) is 0 Å². The van der Waals surface area contributed by atoms with Gasteiger partial charge in [-0.25, -0.2) is 4.98 Å². The van der Waals surface area contributed by atoms with Gasteiger partial charge < -0.3 is 9.30 Å². The van der Waals surface area contributed by atoms with Crippen LogP contribution in [0.1, 0.15) is 28.7 Å². The van der Waals surface area contributed by atoms with E-state index in [1.807, 2.05) is 6.92 Å². The highest BCUT2D eigenvalue weighted by Gasteiger charge is 2.38. The van der Waals surface area contributed by atoms with Crippen LogP contribution < -0.4 is 0 Å². The lowest BCUT2D eigenvalue weighted by molar-refractivity contribution is -0.152. The van der Waals surface area contributed by atoms with Gasteiger partial charge in [0.15, 0.2) is 6.10 Å². The molecule has 0 N–H and O–H groups in total. The third-order valence-electron chi connectivity index (χ3n) is 4.21. The lowest BCUT2D eigenvalue weighted by Gasteiger charge is -2.15. The molecule has 0 amide bonds. The molecule has 28 heavy (non-hydrogen) atoms. The Balaban J connectivity index is 1.79. The van der Waals surface area contributed by atoms with Gasteiger partial charge in [-0.3, -0.25) is 9.59 Å². The van der Waals surface area contributed by atoms with Crippen LogP contribution in [0.2, 0.25) is 0 Å². The number of carbonyl (C=O) groups excluding carboxylic acids is 2. The highest BCUT2D eigenvalue weighted by Crippen LogP contribution is 2.31. The molecule has 0 spiro atoms. The number of carbonyl (C=O) groups is 2. The van der Waals surface area contributed by atoms with Gasteiger partial charge in [0.05, 0.1) is 11.0 Å². The van der Waals surface area contributed by atoms with Gasteiger partial charge in [0.1, 0.15) is 6.54 Å². The second-order valence-electron chi connectivity index (χ2n) is 6.37. The van der Waals surface area contributed by atoms with E-state index in [9.17, 15) is 22.8 Å². The number of alkyl halides is 3. The number of ketones is 1. The van der Waals surface area contributed by atoms with E-state index in [0.717, 1.165) is 10.1 Å². The largest absolute Gasteiger partial charge is 0.453 e. The van der Waals surface area contributed by atoms with Crippen LogP contribution in [-0.4, -0.2) is 27.4 Å². The third-order valence-corrected chi connectivity index (χ3v) is 4.21. The molecular weight excluding hydrogens is 373 g/mol. The van der Waals surface area contributed by atoms with E-state index in [-0.39, 0.29) is 11.0 Å². The summed E-state index contributed by atoms with van der Waals surface area (Å²) in [7, 11) is 0. The first kappa shape index (κ1) is 19.6. The van der Waals surface area contributed by atoms with E-state index in [0.29, 0.717) is 5.56 Å². The molecule has 0 bridgehead atoms. The van der Waals surface area contributed by atoms with Crippen molar-refractivity contribution in [2.45, 2.75) is 32.7 Å². The number of imidazole rings is 1. The van der Waals surface area contributed by atoms with Crippen LogP contribution in [0.15, 0.2) is 48.5 Å². The second-order valence-corrected chi connectivity index (χ2v) is 6.37. The maximum Gasteiger partial charge on any atom is 0.449 e. The summed E-state index contributed by atoms with van der Waals surface area (Å²) in [6, 6.07) is 12.7. The fourth-order valence-electron chi connectivity index (χ4n) is 2.82. The van der Waals surface area contributed by atoms with Gasteiger partial charge in [-0.05, 0) is 26.0 Å². The van der Waals surface area contributed by atoms with Crippen LogP contribution in [0, 0.1) is 6.92 Å². The zero-order chi connectivity index (χ0) is 20.5. The Morgan fingerprint density at radius 3 is 2.39 bits per heavy atom. The molecule has 1 unspecified atom stereocenters. The topological polar surface area (TPSA) is 61.2 Å². The van der Waals surface area contributed by atoms with Crippen molar-refractivity contribution in [3.05, 3.63) is 65.5 Å². The van der Waals surface area contributed by atoms with Crippen molar-refractivity contribution < 1.29 is 27.5 Å². The molecule has 3 aromatic rings. The molecule has 0 aliphatic heterocycles. The van der Waals surface area contributed by atoms with Gasteiger partial charge >= 0.3 is 12.1 Å². The van der Waals surface area contributed by atoms with Crippen molar-refractivity contribution in [2.75, 3.05) is 0 Å². The van der Waals surface area contributed by atoms with Crippen LogP contribution in [-0.2, 0) is 22.3 Å². The predicted octanol–water partition coefficient (Wildman–Crippen LogP) is 4.18. The monoisotopic (exact) mass is 390 g/mol. The third kappa shape index (κ3) is 4.05. The molecule has 1 atom stereocenters. The Bertz CT molecular complexity index is 1020. The number of aryl methyl sites for hydroxylation is 1. The van der Waals surface area contributed by atoms with Crippen LogP contribution >= 0.6 is 0 Å². The van der Waals surface area contributed by atoms with Crippen molar-refractivity contribution in [1.29, 1.82) is 0 Å². The number of hydrogen-bond acceptors (Lipinski definition) is 4. The van der Waals surface area contributed by atoms with Gasteiger partial charge in [0, 0.05) is 5.56 Å². The SMILES string of the molecule is Cc1ccc(C(=O)C(C)OC(=O)Cn2c(C(F)(F)F)nc3ccccc32)cc1. The molecule has 0 saturated heterocycles. The minimum absolute atomic E-state index is 0.117. The van der Waals surface area contributed by atoms with Crippen molar-refractivity contribution in [1.82, 2.24) is 9.55 Å². The number of esters is 1. The predicted molar refractivity (Wildman–Crippen MR) is 95.8 cm³/mol. The smallest absolute Gasteiger partial charge is 0.449 e. The van der Waals surface area contributed by atoms with Crippen molar-refractivity contribution in [2.24, 2.45) is 0 Å². The first-order valence-electron chi connectivity index (χ1n) is 8.49. The summed E-state index contributed by atoms with van der Waals surface area (Å²) in [4.78, 5) is 28.2. The minimum atomic E-state index is -4.73. The van der Waals surface area contributed by atoms with E-state index >= 15 is 0 Å². The first-order valence-corrected chi connectivity index (χ1v) is 8.49. The number of rotatable bonds is 5. The molecule has 1 aromatic heterocycles. The number of fused-ring (bicyclic) bond motifs is 1. The Morgan fingerprint density at radius 1 is 1.11 bits per heavy atom. The first-order chi connectivity index (χ1) is 13.2. The standard InChI is InChI=1S/C20H17F3N2O3/c1-12-7-9-14(10-8-12)18(27)13(2)28-17(26)11-25-16-6-4-3-5-15(16)24-19(25)20(21,22)23/h3-10,13H,11H2,1-2H3. The second kappa shape index (κ2) is 7.46. The molecule has 5 nitrogen and oxygen atoms in total. The average molecular weight is 390 g/mol. The fraction of sp³-hybridized carbons (Fsp3) is 0.250. The summed E-state index contributed by atoms with van der Waals surface area (Å²) in [5.41, 5.74) is 1.60. The molecule has 0 saturated carbocycles. The molecule has 0 aliphatic carbocycles. The summed E-state index contributed by atoms with van der Waals surface area (Å²) in [6.45, 7) is 2.54. The highest BCUT2D eigenvalue weighted by molar-refractivity contribution is 6.00. The molecule has 146 valence electrons. The van der Waals surface area contributed by atoms with Crippen molar-refractivity contribution >= 4 is 22.8 Å². The van der Waals surface area contributed by atoms with Crippen LogP contribution in [0.3, 0.4) is 0 Å². The normalized spacial score (nSPS) is 12.8. The van der Waals surface area contributed by atoms with E-state index < -0.39 is 36.4 Å². The number of para-hydroxylation sites is 2. The van der Waals surface area contributed by atoms with Gasteiger partial charge in [0.25, 0.3) is 0 Å². The molecular formula is C20H17F3N2O3. The lowest BCUT2D eigenvalue weighted by atomic mass is 10.1. The molecule has 1 heterocycles. The summed E-state index contributed by atoms with van der Waals surface area (Å²) >= 11 is 0. The summed E-state index contributed by atoms with van der Waals surface area (Å²) in [5, 5.41) is 0. The number of nitrogens with zero attached hydrogens (tertiary/aromatic N) is 2. The van der Waals surface area contributed by atoms with Crippen molar-refractivity contribution in [3.8, 4) is 0 Å². The van der Waals surface area contributed by atoms with E-state index in [1.165, 1.54) is 19.1 Å². The molecule has 2 aromatic carbocycles. The fourth-order valence-corrected chi connectivity index (χ4v) is 2.82. The quantitative estimate of drug-likeness (QED) is 0.484. The summed E-state index contributed by atoms with van der Waals surface area (Å²) in [5.74, 6) is -2.58. The number of Topliss-reactive ketones (excluding diaryl/α,β-unsaturated/α-hetero) is 1. The zero-order valence-electron chi connectivity index (χ0n) is 15.2. The van der Waals surface area contributed by atoms with Gasteiger partial charge in [-0.15, -0.1) is 0 Å². The Labute approximate surface area is 158 Å². The van der Waals surface area contributed by atoms with E-state index in [2.05, 4.69) is 4.98 Å². The molecule has 0 aliphatic rings. The van der Waals surface area contributed by atoms with Gasteiger partial charge in [-0.2, -0.15) is 13.2 Å². The Kier molecular flexibility index (Phi) is 5.22. The maximum atomic E-state index is 13.3. The van der Waals surface area contributed by atoms with Crippen LogP contribution in [0.25, 0.3) is 11.0 Å².